The van der Waals surface area contributed by atoms with E-state index in [1.807, 2.05) is 18.5 Å². The molecule has 34 heavy (non-hydrogen) atoms. The third-order valence-corrected chi connectivity index (χ3v) is 8.04. The molecule has 3 heterocycles. The number of aromatic nitrogens is 2. The van der Waals surface area contributed by atoms with Gasteiger partial charge in [-0.3, -0.25) is 4.79 Å². The molecule has 1 unspecified atom stereocenters. The molecule has 3 aromatic carbocycles. The Hall–Kier alpha value is -3.18. The number of nitrogens with zero attached hydrogens (tertiary/aromatic N) is 3. The second-order valence-corrected chi connectivity index (χ2v) is 10.2. The van der Waals surface area contributed by atoms with Crippen molar-refractivity contribution in [3.8, 4) is 11.4 Å². The van der Waals surface area contributed by atoms with Crippen LogP contribution in [0.3, 0.4) is 0 Å². The van der Waals surface area contributed by atoms with E-state index < -0.39 is 5.54 Å². The highest BCUT2D eigenvalue weighted by molar-refractivity contribution is 9.10. The van der Waals surface area contributed by atoms with Gasteiger partial charge in [-0.05, 0) is 47.6 Å². The summed E-state index contributed by atoms with van der Waals surface area (Å²) in [5.74, 6) is 1.65. The first-order valence-corrected chi connectivity index (χ1v) is 12.7. The summed E-state index contributed by atoms with van der Waals surface area (Å²) in [7, 11) is 0. The first kappa shape index (κ1) is 21.4. The fourth-order valence-electron chi connectivity index (χ4n) is 5.80. The average molecular weight is 512 g/mol. The fourth-order valence-corrected chi connectivity index (χ4v) is 6.06. The van der Waals surface area contributed by atoms with E-state index in [0.717, 1.165) is 52.9 Å². The molecule has 2 aliphatic heterocycles. The summed E-state index contributed by atoms with van der Waals surface area (Å²) in [5, 5.41) is 0. The minimum absolute atomic E-state index is 0.200. The van der Waals surface area contributed by atoms with Crippen LogP contribution in [0.15, 0.2) is 95.7 Å². The molecule has 5 heteroatoms. The Kier molecular flexibility index (Phi) is 5.37. The van der Waals surface area contributed by atoms with Gasteiger partial charge in [0, 0.05) is 35.5 Å². The Bertz CT molecular complexity index is 1320. The molecule has 170 valence electrons. The van der Waals surface area contributed by atoms with Gasteiger partial charge in [-0.1, -0.05) is 82.7 Å². The summed E-state index contributed by atoms with van der Waals surface area (Å²) in [6, 6.07) is 27.5. The van der Waals surface area contributed by atoms with Crippen LogP contribution in [0.1, 0.15) is 41.9 Å². The number of carbonyl (C=O) groups is 1. The van der Waals surface area contributed by atoms with E-state index in [0.29, 0.717) is 12.3 Å². The molecule has 4 aromatic rings. The molecule has 0 bridgehead atoms. The van der Waals surface area contributed by atoms with E-state index in [1.165, 1.54) is 5.56 Å². The molecular weight excluding hydrogens is 486 g/mol. The van der Waals surface area contributed by atoms with Crippen LogP contribution in [-0.2, 0) is 10.3 Å². The van der Waals surface area contributed by atoms with Gasteiger partial charge < -0.3 is 9.47 Å². The summed E-state index contributed by atoms with van der Waals surface area (Å²) in [4.78, 5) is 20.6. The van der Waals surface area contributed by atoms with Gasteiger partial charge in [0.15, 0.2) is 0 Å². The zero-order chi connectivity index (χ0) is 23.1. The van der Waals surface area contributed by atoms with Crippen molar-refractivity contribution in [2.45, 2.75) is 30.7 Å². The lowest BCUT2D eigenvalue weighted by Crippen LogP contribution is -2.44. The minimum atomic E-state index is -0.601. The average Bonchev–Trinajstić information content (AvgIpc) is 3.47. The Morgan fingerprint density at radius 2 is 1.65 bits per heavy atom. The molecule has 1 amide bonds. The Morgan fingerprint density at radius 1 is 0.941 bits per heavy atom. The number of likely N-dealkylation sites (tertiary alicyclic amines) is 1. The third-order valence-electron chi connectivity index (χ3n) is 7.51. The first-order chi connectivity index (χ1) is 16.7. The van der Waals surface area contributed by atoms with Gasteiger partial charge in [-0.25, -0.2) is 4.98 Å². The lowest BCUT2D eigenvalue weighted by Gasteiger charge is -2.37. The molecule has 1 saturated heterocycles. The van der Waals surface area contributed by atoms with Crippen molar-refractivity contribution in [3.63, 3.8) is 0 Å². The van der Waals surface area contributed by atoms with Crippen LogP contribution < -0.4 is 0 Å². The van der Waals surface area contributed by atoms with E-state index in [9.17, 15) is 4.79 Å². The number of hydrogen-bond acceptors (Lipinski definition) is 2. The number of halogens is 1. The molecule has 0 N–H and O–H groups in total. The summed E-state index contributed by atoms with van der Waals surface area (Å²) in [6.45, 7) is 1.60. The van der Waals surface area contributed by atoms with Crippen LogP contribution in [0.25, 0.3) is 11.4 Å². The summed E-state index contributed by atoms with van der Waals surface area (Å²) in [5.41, 5.74) is 4.14. The molecule has 2 aliphatic rings. The van der Waals surface area contributed by atoms with Gasteiger partial charge in [0.1, 0.15) is 11.4 Å². The highest BCUT2D eigenvalue weighted by Gasteiger charge is 2.47. The maximum atomic E-state index is 13.9. The first-order valence-electron chi connectivity index (χ1n) is 11.9. The molecule has 1 fully saturated rings. The zero-order valence-electron chi connectivity index (χ0n) is 18.9. The Labute approximate surface area is 208 Å². The molecule has 0 spiro atoms. The van der Waals surface area contributed by atoms with Crippen molar-refractivity contribution in [1.29, 1.82) is 0 Å². The third kappa shape index (κ3) is 3.41. The lowest BCUT2D eigenvalue weighted by molar-refractivity contribution is -0.133. The molecule has 6 rings (SSSR count). The van der Waals surface area contributed by atoms with Gasteiger partial charge in [0.25, 0.3) is 0 Å². The van der Waals surface area contributed by atoms with E-state index in [1.54, 1.807) is 0 Å². The highest BCUT2D eigenvalue weighted by Crippen LogP contribution is 2.49. The predicted octanol–water partition coefficient (Wildman–Crippen LogP) is 6.21. The molecule has 0 radical (unpaired) electrons. The van der Waals surface area contributed by atoms with Gasteiger partial charge in [-0.15, -0.1) is 0 Å². The van der Waals surface area contributed by atoms with E-state index in [2.05, 4.69) is 103 Å². The molecular formula is C29H26BrN3O. The van der Waals surface area contributed by atoms with Crippen molar-refractivity contribution in [3.05, 3.63) is 112 Å². The van der Waals surface area contributed by atoms with Crippen molar-refractivity contribution < 1.29 is 4.79 Å². The van der Waals surface area contributed by atoms with Crippen molar-refractivity contribution in [2.75, 3.05) is 13.1 Å². The van der Waals surface area contributed by atoms with Gasteiger partial charge in [-0.2, -0.15) is 0 Å². The zero-order valence-corrected chi connectivity index (χ0v) is 20.5. The highest BCUT2D eigenvalue weighted by atomic mass is 79.9. The molecule has 1 aromatic heterocycles. The van der Waals surface area contributed by atoms with Gasteiger partial charge in [0.2, 0.25) is 5.91 Å². The van der Waals surface area contributed by atoms with Crippen molar-refractivity contribution >= 4 is 21.8 Å². The number of amides is 1. The van der Waals surface area contributed by atoms with Crippen LogP contribution >= 0.6 is 15.9 Å². The number of hydrogen-bond donors (Lipinski definition) is 0. The largest absolute Gasteiger partial charge is 0.343 e. The van der Waals surface area contributed by atoms with Gasteiger partial charge >= 0.3 is 0 Å². The topological polar surface area (TPSA) is 38.1 Å². The molecule has 0 saturated carbocycles. The van der Waals surface area contributed by atoms with Crippen LogP contribution in [0, 0.1) is 0 Å². The van der Waals surface area contributed by atoms with Crippen LogP contribution in [0.4, 0.5) is 0 Å². The molecule has 0 aliphatic carbocycles. The van der Waals surface area contributed by atoms with Crippen LogP contribution in [0.5, 0.6) is 0 Å². The van der Waals surface area contributed by atoms with E-state index >= 15 is 0 Å². The normalized spacial score (nSPS) is 19.6. The van der Waals surface area contributed by atoms with E-state index in [-0.39, 0.29) is 5.91 Å². The number of piperidine rings is 1. The summed E-state index contributed by atoms with van der Waals surface area (Å²) in [6.07, 6.45) is 6.26. The number of rotatable bonds is 4. The lowest BCUT2D eigenvalue weighted by atomic mass is 9.79. The van der Waals surface area contributed by atoms with Crippen molar-refractivity contribution in [2.24, 2.45) is 0 Å². The standard InChI is InChI=1S/C29H26BrN3O/c30-24-12-10-23(11-13-24)29(26-9-5-4-8-25(26)28-31-16-19-33(28)29)20-27(34)32-17-14-22(15-18-32)21-6-2-1-3-7-21/h1-13,16,19,22H,14-15,17-18,20H2. The minimum Gasteiger partial charge on any atom is -0.343 e. The van der Waals surface area contributed by atoms with Gasteiger partial charge in [0.05, 0.1) is 6.42 Å². The molecule has 4 nitrogen and oxygen atoms in total. The Morgan fingerprint density at radius 3 is 2.41 bits per heavy atom. The second kappa shape index (κ2) is 8.55. The number of imidazole rings is 1. The Balaban J connectivity index is 1.34. The van der Waals surface area contributed by atoms with E-state index in [4.69, 9.17) is 0 Å². The number of benzene rings is 3. The van der Waals surface area contributed by atoms with Crippen molar-refractivity contribution in [1.82, 2.24) is 14.5 Å². The maximum Gasteiger partial charge on any atom is 0.225 e. The summed E-state index contributed by atoms with van der Waals surface area (Å²) < 4.78 is 3.23. The van der Waals surface area contributed by atoms with Crippen LogP contribution in [0.2, 0.25) is 0 Å². The van der Waals surface area contributed by atoms with Crippen LogP contribution in [-0.4, -0.2) is 33.4 Å². The number of carbonyl (C=O) groups excluding carboxylic acids is 1. The quantitative estimate of drug-likeness (QED) is 0.326. The monoisotopic (exact) mass is 511 g/mol. The smallest absolute Gasteiger partial charge is 0.225 e. The number of fused-ring (bicyclic) bond motifs is 3. The second-order valence-electron chi connectivity index (χ2n) is 9.28. The maximum absolute atomic E-state index is 13.9. The summed E-state index contributed by atoms with van der Waals surface area (Å²) >= 11 is 3.57. The predicted molar refractivity (Wildman–Crippen MR) is 138 cm³/mol. The SMILES string of the molecule is O=C(CC1(c2ccc(Br)cc2)c2ccccc2-c2nccn21)N1CCC(c2ccccc2)CC1. The molecule has 1 atom stereocenters. The fraction of sp³-hybridized carbons (Fsp3) is 0.241.